The molecular formula is C9H11Cl2NO2. The Morgan fingerprint density at radius 1 is 1.36 bits per heavy atom. The van der Waals surface area contributed by atoms with Crippen LogP contribution in [0.5, 0.6) is 5.75 Å². The number of nitrogens with zero attached hydrogens (tertiary/aromatic N) is 1. The van der Waals surface area contributed by atoms with Gasteiger partial charge in [0.25, 0.3) is 0 Å². The number of hydrogen-bond donors (Lipinski definition) is 1. The van der Waals surface area contributed by atoms with E-state index >= 15 is 0 Å². The Morgan fingerprint density at radius 2 is 1.93 bits per heavy atom. The van der Waals surface area contributed by atoms with E-state index in [1.165, 1.54) is 20.2 Å². The van der Waals surface area contributed by atoms with Gasteiger partial charge in [0.15, 0.2) is 0 Å². The predicted octanol–water partition coefficient (Wildman–Crippen LogP) is 2.77. The van der Waals surface area contributed by atoms with Crippen LogP contribution < -0.4 is 0 Å². The van der Waals surface area contributed by atoms with Gasteiger partial charge in [-0.05, 0) is 12.1 Å². The number of phenolic OH excluding ortho intramolecular Hbond substituents is 1. The Morgan fingerprint density at radius 3 is 2.43 bits per heavy atom. The fourth-order valence-corrected chi connectivity index (χ4v) is 1.69. The van der Waals surface area contributed by atoms with E-state index in [-0.39, 0.29) is 17.3 Å². The van der Waals surface area contributed by atoms with Gasteiger partial charge in [-0.1, -0.05) is 23.2 Å². The monoisotopic (exact) mass is 235 g/mol. The lowest BCUT2D eigenvalue weighted by Gasteiger charge is -2.33. The second kappa shape index (κ2) is 3.95. The van der Waals surface area contributed by atoms with Crippen molar-refractivity contribution in [2.75, 3.05) is 14.1 Å². The highest BCUT2D eigenvalue weighted by Gasteiger charge is 2.12. The maximum atomic E-state index is 11.4. The van der Waals surface area contributed by atoms with E-state index in [2.05, 4.69) is 0 Å². The minimum Gasteiger partial charge on any atom is -0.633 e. The summed E-state index contributed by atoms with van der Waals surface area (Å²) in [7, 11) is 2.96. The standard InChI is InChI=1S/C9H11Cl2NO2/c1-12(2,14)5-6-3-7(10)4-8(11)9(6)13/h3-4,13H,5H2,1-2H3. The van der Waals surface area contributed by atoms with Crippen LogP contribution in [-0.4, -0.2) is 23.8 Å². The Bertz CT molecular complexity index is 347. The maximum absolute atomic E-state index is 11.4. The molecular weight excluding hydrogens is 225 g/mol. The molecule has 0 unspecified atom stereocenters. The Balaban J connectivity index is 3.09. The number of halogens is 2. The van der Waals surface area contributed by atoms with Crippen molar-refractivity contribution in [2.24, 2.45) is 0 Å². The molecule has 3 nitrogen and oxygen atoms in total. The zero-order valence-corrected chi connectivity index (χ0v) is 9.43. The summed E-state index contributed by atoms with van der Waals surface area (Å²) >= 11 is 11.5. The van der Waals surface area contributed by atoms with Crippen molar-refractivity contribution in [2.45, 2.75) is 6.54 Å². The van der Waals surface area contributed by atoms with Crippen LogP contribution in [0, 0.1) is 5.21 Å². The topological polar surface area (TPSA) is 43.3 Å². The highest BCUT2D eigenvalue weighted by Crippen LogP contribution is 2.32. The Kier molecular flexibility index (Phi) is 3.27. The minimum atomic E-state index is -0.537. The SMILES string of the molecule is C[N+](C)([O-])Cc1cc(Cl)cc(Cl)c1O. The molecule has 0 fully saturated rings. The van der Waals surface area contributed by atoms with Crippen LogP contribution in [0.2, 0.25) is 10.0 Å². The van der Waals surface area contributed by atoms with E-state index in [1.54, 1.807) is 6.07 Å². The third kappa shape index (κ3) is 3.03. The molecule has 1 aromatic carbocycles. The smallest absolute Gasteiger partial charge is 0.143 e. The Labute approximate surface area is 92.6 Å². The number of hydrogen-bond acceptors (Lipinski definition) is 2. The molecule has 5 heteroatoms. The van der Waals surface area contributed by atoms with Crippen molar-refractivity contribution in [3.8, 4) is 5.75 Å². The molecule has 0 heterocycles. The first-order chi connectivity index (χ1) is 6.29. The molecule has 0 atom stereocenters. The molecule has 0 spiro atoms. The van der Waals surface area contributed by atoms with Gasteiger partial charge in [0.2, 0.25) is 0 Å². The fourth-order valence-electron chi connectivity index (χ4n) is 1.15. The molecule has 78 valence electrons. The zero-order chi connectivity index (χ0) is 10.9. The van der Waals surface area contributed by atoms with Crippen LogP contribution in [0.3, 0.4) is 0 Å². The van der Waals surface area contributed by atoms with Crippen LogP contribution in [0.4, 0.5) is 0 Å². The first-order valence-corrected chi connectivity index (χ1v) is 4.76. The number of rotatable bonds is 2. The van der Waals surface area contributed by atoms with Gasteiger partial charge in [-0.3, -0.25) is 0 Å². The average Bonchev–Trinajstić information content (AvgIpc) is 1.96. The minimum absolute atomic E-state index is 0.0712. The summed E-state index contributed by atoms with van der Waals surface area (Å²) in [5.41, 5.74) is 0.461. The van der Waals surface area contributed by atoms with Crippen LogP contribution >= 0.6 is 23.2 Å². The number of quaternary nitrogens is 1. The maximum Gasteiger partial charge on any atom is 0.143 e. The van der Waals surface area contributed by atoms with E-state index < -0.39 is 4.65 Å². The summed E-state index contributed by atoms with van der Waals surface area (Å²) in [4.78, 5) is 0. The first-order valence-electron chi connectivity index (χ1n) is 4.00. The molecule has 0 bridgehead atoms. The van der Waals surface area contributed by atoms with Gasteiger partial charge in [0.1, 0.15) is 12.3 Å². The summed E-state index contributed by atoms with van der Waals surface area (Å²) in [5.74, 6) is -0.0712. The van der Waals surface area contributed by atoms with E-state index in [9.17, 15) is 10.3 Å². The summed E-state index contributed by atoms with van der Waals surface area (Å²) in [6.07, 6.45) is 0. The van der Waals surface area contributed by atoms with E-state index in [4.69, 9.17) is 23.2 Å². The zero-order valence-electron chi connectivity index (χ0n) is 7.92. The normalized spacial score (nSPS) is 11.8. The molecule has 0 radical (unpaired) electrons. The van der Waals surface area contributed by atoms with E-state index in [0.29, 0.717) is 10.6 Å². The van der Waals surface area contributed by atoms with Crippen molar-refractivity contribution in [3.05, 3.63) is 32.9 Å². The number of benzene rings is 1. The molecule has 1 aromatic rings. The van der Waals surface area contributed by atoms with Crippen LogP contribution in [-0.2, 0) is 6.54 Å². The van der Waals surface area contributed by atoms with Gasteiger partial charge in [-0.25, -0.2) is 0 Å². The molecule has 0 aliphatic heterocycles. The molecule has 0 saturated carbocycles. The quantitative estimate of drug-likeness (QED) is 0.633. The summed E-state index contributed by atoms with van der Waals surface area (Å²) in [6.45, 7) is 0.131. The van der Waals surface area contributed by atoms with E-state index in [0.717, 1.165) is 0 Å². The third-order valence-electron chi connectivity index (χ3n) is 1.66. The molecule has 1 rings (SSSR count). The molecule has 1 N–H and O–H groups in total. The van der Waals surface area contributed by atoms with Crippen LogP contribution in [0.1, 0.15) is 5.56 Å². The van der Waals surface area contributed by atoms with Crippen molar-refractivity contribution in [1.82, 2.24) is 0 Å². The van der Waals surface area contributed by atoms with Crippen LogP contribution in [0.15, 0.2) is 12.1 Å². The Hall–Kier alpha value is -0.480. The first kappa shape index (κ1) is 11.6. The summed E-state index contributed by atoms with van der Waals surface area (Å²) < 4.78 is -0.537. The lowest BCUT2D eigenvalue weighted by Crippen LogP contribution is -2.31. The van der Waals surface area contributed by atoms with Gasteiger partial charge < -0.3 is 15.0 Å². The van der Waals surface area contributed by atoms with Gasteiger partial charge in [0.05, 0.1) is 24.7 Å². The van der Waals surface area contributed by atoms with E-state index in [1.807, 2.05) is 0 Å². The van der Waals surface area contributed by atoms with Crippen LogP contribution in [0.25, 0.3) is 0 Å². The second-order valence-electron chi connectivity index (χ2n) is 3.63. The highest BCUT2D eigenvalue weighted by atomic mass is 35.5. The fraction of sp³-hybridized carbons (Fsp3) is 0.333. The van der Waals surface area contributed by atoms with Gasteiger partial charge in [0, 0.05) is 5.02 Å². The van der Waals surface area contributed by atoms with Crippen molar-refractivity contribution in [3.63, 3.8) is 0 Å². The van der Waals surface area contributed by atoms with Gasteiger partial charge in [-0.15, -0.1) is 0 Å². The molecule has 0 amide bonds. The lowest BCUT2D eigenvalue weighted by atomic mass is 10.2. The van der Waals surface area contributed by atoms with Crippen molar-refractivity contribution < 1.29 is 9.75 Å². The number of hydroxylamine groups is 3. The number of phenols is 1. The second-order valence-corrected chi connectivity index (χ2v) is 4.47. The molecule has 0 saturated heterocycles. The summed E-state index contributed by atoms with van der Waals surface area (Å²) in [6, 6.07) is 2.98. The molecule has 0 aliphatic carbocycles. The predicted molar refractivity (Wildman–Crippen MR) is 57.3 cm³/mol. The molecule has 14 heavy (non-hydrogen) atoms. The molecule has 0 aliphatic rings. The van der Waals surface area contributed by atoms with Gasteiger partial charge >= 0.3 is 0 Å². The van der Waals surface area contributed by atoms with Crippen molar-refractivity contribution >= 4 is 23.2 Å². The molecule has 0 aromatic heterocycles. The van der Waals surface area contributed by atoms with Crippen molar-refractivity contribution in [1.29, 1.82) is 0 Å². The number of aromatic hydroxyl groups is 1. The van der Waals surface area contributed by atoms with Gasteiger partial charge in [-0.2, -0.15) is 0 Å². The lowest BCUT2D eigenvalue weighted by molar-refractivity contribution is -0.853. The summed E-state index contributed by atoms with van der Waals surface area (Å²) in [5, 5.41) is 21.5. The highest BCUT2D eigenvalue weighted by molar-refractivity contribution is 6.35. The largest absolute Gasteiger partial charge is 0.633 e. The third-order valence-corrected chi connectivity index (χ3v) is 2.16. The average molecular weight is 236 g/mol.